The molecule has 4 amide bonds. The zero-order valence-corrected chi connectivity index (χ0v) is 18.5. The number of ketones is 1. The maximum Gasteiger partial charge on any atom is 0.245 e. The van der Waals surface area contributed by atoms with Gasteiger partial charge in [0.1, 0.15) is 30.3 Å². The fraction of sp³-hybridized carbons (Fsp3) is 0.762. The summed E-state index contributed by atoms with van der Waals surface area (Å²) in [5, 5.41) is 17.9. The standard InChI is InChI=1S/C21H32N4O7/c1-11-18(28)22-12(2)19(29)24-14(6-4-3-5-7-16(27)17-10-32-17)21(31)25-9-13(26)8-15(25)20(30)23-11/h11-15,17,26H,3-10H2,1-2H3,(H,22,28)(H,23,30)(H,24,29). The van der Waals surface area contributed by atoms with Crippen molar-refractivity contribution >= 4 is 29.4 Å². The van der Waals surface area contributed by atoms with Gasteiger partial charge < -0.3 is 30.7 Å². The number of hydrogen-bond acceptors (Lipinski definition) is 7. The summed E-state index contributed by atoms with van der Waals surface area (Å²) in [7, 11) is 0. The van der Waals surface area contributed by atoms with Gasteiger partial charge in [-0.2, -0.15) is 0 Å². The molecule has 3 heterocycles. The summed E-state index contributed by atoms with van der Waals surface area (Å²) in [5.41, 5.74) is 0. The lowest BCUT2D eigenvalue weighted by molar-refractivity contribution is -0.143. The van der Waals surface area contributed by atoms with Crippen LogP contribution in [0.4, 0.5) is 0 Å². The van der Waals surface area contributed by atoms with E-state index < -0.39 is 53.9 Å². The Hall–Kier alpha value is -2.53. The van der Waals surface area contributed by atoms with E-state index in [0.717, 1.165) is 0 Å². The molecule has 3 fully saturated rings. The summed E-state index contributed by atoms with van der Waals surface area (Å²) in [4.78, 5) is 63.9. The Kier molecular flexibility index (Phi) is 7.83. The normalized spacial score (nSPS) is 33.4. The van der Waals surface area contributed by atoms with Gasteiger partial charge in [-0.25, -0.2) is 0 Å². The van der Waals surface area contributed by atoms with Crippen LogP contribution in [0, 0.1) is 0 Å². The van der Waals surface area contributed by atoms with Crippen molar-refractivity contribution in [3.63, 3.8) is 0 Å². The maximum atomic E-state index is 13.3. The number of fused-ring (bicyclic) bond motifs is 1. The van der Waals surface area contributed by atoms with E-state index in [1.54, 1.807) is 0 Å². The van der Waals surface area contributed by atoms with Crippen LogP contribution in [0.15, 0.2) is 0 Å². The van der Waals surface area contributed by atoms with E-state index >= 15 is 0 Å². The fourth-order valence-electron chi connectivity index (χ4n) is 4.06. The molecule has 0 radical (unpaired) electrons. The Morgan fingerprint density at radius 2 is 1.62 bits per heavy atom. The summed E-state index contributed by atoms with van der Waals surface area (Å²) >= 11 is 0. The number of nitrogens with zero attached hydrogens (tertiary/aromatic N) is 1. The highest BCUT2D eigenvalue weighted by Crippen LogP contribution is 2.22. The highest BCUT2D eigenvalue weighted by molar-refractivity contribution is 5.97. The van der Waals surface area contributed by atoms with Crippen molar-refractivity contribution in [1.29, 1.82) is 0 Å². The monoisotopic (exact) mass is 452 g/mol. The predicted octanol–water partition coefficient (Wildman–Crippen LogP) is -1.63. The molecule has 0 aromatic rings. The molecular weight excluding hydrogens is 420 g/mol. The number of aliphatic hydroxyl groups excluding tert-OH is 1. The van der Waals surface area contributed by atoms with Gasteiger partial charge in [-0.15, -0.1) is 0 Å². The van der Waals surface area contributed by atoms with Crippen molar-refractivity contribution in [3.8, 4) is 0 Å². The Labute approximate surface area is 186 Å². The van der Waals surface area contributed by atoms with Gasteiger partial charge >= 0.3 is 0 Å². The second-order valence-corrected chi connectivity index (χ2v) is 8.81. The van der Waals surface area contributed by atoms with Crippen molar-refractivity contribution in [2.75, 3.05) is 13.2 Å². The minimum absolute atomic E-state index is 0.0185. The number of hydrogen-bond donors (Lipinski definition) is 4. The molecule has 32 heavy (non-hydrogen) atoms. The van der Waals surface area contributed by atoms with E-state index in [-0.39, 0.29) is 24.9 Å². The minimum Gasteiger partial charge on any atom is -0.391 e. The van der Waals surface area contributed by atoms with Crippen LogP contribution in [0.25, 0.3) is 0 Å². The Morgan fingerprint density at radius 3 is 2.28 bits per heavy atom. The first-order valence-electron chi connectivity index (χ1n) is 11.2. The van der Waals surface area contributed by atoms with Gasteiger partial charge in [0, 0.05) is 19.4 Å². The number of Topliss-reactive ketones (excluding diaryl/α,β-unsaturated/α-hetero) is 1. The molecule has 178 valence electrons. The van der Waals surface area contributed by atoms with E-state index in [0.29, 0.717) is 38.7 Å². The lowest BCUT2D eigenvalue weighted by atomic mass is 10.0. The molecule has 3 saturated heterocycles. The number of epoxide rings is 1. The molecule has 6 unspecified atom stereocenters. The number of nitrogens with one attached hydrogen (secondary N) is 3. The van der Waals surface area contributed by atoms with E-state index in [9.17, 15) is 29.1 Å². The van der Waals surface area contributed by atoms with E-state index in [1.807, 2.05) is 0 Å². The maximum absolute atomic E-state index is 13.3. The second-order valence-electron chi connectivity index (χ2n) is 8.81. The minimum atomic E-state index is -0.917. The highest BCUT2D eigenvalue weighted by Gasteiger charge is 2.42. The van der Waals surface area contributed by atoms with Gasteiger partial charge in [0.2, 0.25) is 23.6 Å². The zero-order valence-electron chi connectivity index (χ0n) is 18.5. The van der Waals surface area contributed by atoms with Crippen LogP contribution < -0.4 is 16.0 Å². The zero-order chi connectivity index (χ0) is 23.4. The van der Waals surface area contributed by atoms with Crippen LogP contribution in [-0.2, 0) is 28.7 Å². The van der Waals surface area contributed by atoms with E-state index in [1.165, 1.54) is 18.7 Å². The molecule has 3 aliphatic heterocycles. The van der Waals surface area contributed by atoms with Crippen molar-refractivity contribution < 1.29 is 33.8 Å². The Bertz CT molecular complexity index is 769. The fourth-order valence-corrected chi connectivity index (χ4v) is 4.06. The molecule has 0 aromatic heterocycles. The molecule has 0 aliphatic carbocycles. The summed E-state index contributed by atoms with van der Waals surface area (Å²) in [5.74, 6) is -1.90. The topological polar surface area (TPSA) is 157 Å². The SMILES string of the molecule is CC1NC(=O)C(C)NC(=O)C2CC(O)CN2C(=O)C(CCCCCC(=O)C2CO2)NC1=O. The van der Waals surface area contributed by atoms with Gasteiger partial charge in [-0.3, -0.25) is 24.0 Å². The van der Waals surface area contributed by atoms with Gasteiger partial charge in [0.05, 0.1) is 12.7 Å². The molecular formula is C21H32N4O7. The number of ether oxygens (including phenoxy) is 1. The number of rotatable bonds is 7. The first-order chi connectivity index (χ1) is 15.2. The number of amides is 4. The van der Waals surface area contributed by atoms with Crippen LogP contribution in [-0.4, -0.2) is 88.9 Å². The summed E-state index contributed by atoms with van der Waals surface area (Å²) in [6.45, 7) is 3.47. The van der Waals surface area contributed by atoms with Gasteiger partial charge in [-0.1, -0.05) is 12.8 Å². The summed E-state index contributed by atoms with van der Waals surface area (Å²) in [6.07, 6.45) is 1.60. The molecule has 0 aromatic carbocycles. The van der Waals surface area contributed by atoms with Crippen LogP contribution in [0.5, 0.6) is 0 Å². The summed E-state index contributed by atoms with van der Waals surface area (Å²) < 4.78 is 4.97. The highest BCUT2D eigenvalue weighted by atomic mass is 16.6. The van der Waals surface area contributed by atoms with Crippen molar-refractivity contribution in [2.24, 2.45) is 0 Å². The van der Waals surface area contributed by atoms with E-state index in [4.69, 9.17) is 4.74 Å². The number of unbranched alkanes of at least 4 members (excludes halogenated alkanes) is 2. The molecule has 6 atom stereocenters. The van der Waals surface area contributed by atoms with Gasteiger partial charge in [0.25, 0.3) is 0 Å². The van der Waals surface area contributed by atoms with Gasteiger partial charge in [0.15, 0.2) is 5.78 Å². The lowest BCUT2D eigenvalue weighted by Crippen LogP contribution is -2.60. The molecule has 3 aliphatic rings. The Balaban J connectivity index is 1.68. The van der Waals surface area contributed by atoms with Crippen LogP contribution in [0.3, 0.4) is 0 Å². The van der Waals surface area contributed by atoms with Gasteiger partial charge in [-0.05, 0) is 26.7 Å². The van der Waals surface area contributed by atoms with Crippen molar-refractivity contribution in [2.45, 2.75) is 88.7 Å². The number of carbonyl (C=O) groups is 5. The number of carbonyl (C=O) groups excluding carboxylic acids is 5. The molecule has 11 nitrogen and oxygen atoms in total. The van der Waals surface area contributed by atoms with Crippen LogP contribution in [0.1, 0.15) is 52.4 Å². The Morgan fingerprint density at radius 1 is 1.00 bits per heavy atom. The van der Waals surface area contributed by atoms with Crippen LogP contribution >= 0.6 is 0 Å². The molecule has 0 saturated carbocycles. The third-order valence-corrected chi connectivity index (χ3v) is 6.09. The molecule has 3 rings (SSSR count). The van der Waals surface area contributed by atoms with Crippen molar-refractivity contribution in [3.05, 3.63) is 0 Å². The molecule has 0 bridgehead atoms. The quantitative estimate of drug-likeness (QED) is 0.267. The average molecular weight is 453 g/mol. The predicted molar refractivity (Wildman–Crippen MR) is 111 cm³/mol. The number of aliphatic hydroxyl groups is 1. The molecule has 11 heteroatoms. The first-order valence-corrected chi connectivity index (χ1v) is 11.2. The molecule has 4 N–H and O–H groups in total. The first kappa shape index (κ1) is 24.1. The van der Waals surface area contributed by atoms with E-state index in [2.05, 4.69) is 16.0 Å². The van der Waals surface area contributed by atoms with Crippen molar-refractivity contribution in [1.82, 2.24) is 20.9 Å². The lowest BCUT2D eigenvalue weighted by Gasteiger charge is -2.31. The third kappa shape index (κ3) is 6.04. The average Bonchev–Trinajstić information content (AvgIpc) is 3.52. The molecule has 0 spiro atoms. The third-order valence-electron chi connectivity index (χ3n) is 6.09. The smallest absolute Gasteiger partial charge is 0.245 e. The summed E-state index contributed by atoms with van der Waals surface area (Å²) in [6, 6.07) is -3.61. The largest absolute Gasteiger partial charge is 0.391 e. The van der Waals surface area contributed by atoms with Crippen LogP contribution in [0.2, 0.25) is 0 Å². The second kappa shape index (κ2) is 10.4.